The van der Waals surface area contributed by atoms with Crippen LogP contribution in [0.5, 0.6) is 5.75 Å². The molecule has 1 aliphatic rings. The minimum atomic E-state index is -0.694. The fourth-order valence-corrected chi connectivity index (χ4v) is 4.50. The van der Waals surface area contributed by atoms with E-state index in [4.69, 9.17) is 4.74 Å². The Morgan fingerprint density at radius 3 is 2.54 bits per heavy atom. The molecule has 0 radical (unpaired) electrons. The number of nitrogens with one attached hydrogen (secondary N) is 4. The molecule has 4 N–H and O–H groups in total. The quantitative estimate of drug-likeness (QED) is 0.362. The predicted octanol–water partition coefficient (Wildman–Crippen LogP) is 4.00. The number of anilines is 1. The first-order chi connectivity index (χ1) is 16.6. The third-order valence-corrected chi connectivity index (χ3v) is 6.34. The van der Waals surface area contributed by atoms with Gasteiger partial charge in [0.25, 0.3) is 5.91 Å². The minimum Gasteiger partial charge on any atom is -0.492 e. The predicted molar refractivity (Wildman–Crippen MR) is 137 cm³/mol. The summed E-state index contributed by atoms with van der Waals surface area (Å²) in [5, 5.41) is 8.81. The van der Waals surface area contributed by atoms with E-state index < -0.39 is 6.04 Å². The van der Waals surface area contributed by atoms with Gasteiger partial charge in [0.1, 0.15) is 24.1 Å². The molecule has 8 nitrogen and oxygen atoms in total. The topological polar surface area (TPSA) is 112 Å². The van der Waals surface area contributed by atoms with E-state index in [1.54, 1.807) is 31.2 Å². The summed E-state index contributed by atoms with van der Waals surface area (Å²) in [5.74, 6) is 0.134. The van der Waals surface area contributed by atoms with Crippen molar-refractivity contribution in [2.75, 3.05) is 25.5 Å². The summed E-state index contributed by atoms with van der Waals surface area (Å²) in [6.45, 7) is 9.23. The third-order valence-electron chi connectivity index (χ3n) is 6.34. The number of ether oxygens (including phenoxy) is 1. The first kappa shape index (κ1) is 26.5. The maximum atomic E-state index is 13.2. The number of Topliss-reactive ketones (excluding diaryl/α,β-unsaturated/α-hetero) is 1. The monoisotopic (exact) mass is 482 g/mol. The molecule has 190 valence electrons. The molecule has 1 atom stereocenters. The molecule has 1 unspecified atom stereocenters. The molecule has 8 heteroatoms. The standard InChI is InChI=1S/C27H38N4O4/c1-6-7-8-20(25(33)29-18-9-11-19(12-10-18)35-14-13-28-5)31-26(34)24-17(2)23-21(30-24)15-27(3,4)16-22(23)32/h9-12,20,28,30H,6-8,13-16H2,1-5H3,(H,29,33)(H,31,34). The Bertz CT molecular complexity index is 1060. The van der Waals surface area contributed by atoms with Crippen molar-refractivity contribution in [3.8, 4) is 5.75 Å². The van der Waals surface area contributed by atoms with Crippen LogP contribution in [0.2, 0.25) is 0 Å². The summed E-state index contributed by atoms with van der Waals surface area (Å²) >= 11 is 0. The Hall–Kier alpha value is -3.13. The SMILES string of the molecule is CCCCC(NC(=O)c1[nH]c2c(c1C)C(=O)CC(C)(C)C2)C(=O)Nc1ccc(OCCNC)cc1. The fraction of sp³-hybridized carbons (Fsp3) is 0.519. The number of rotatable bonds is 11. The first-order valence-corrected chi connectivity index (χ1v) is 12.4. The van der Waals surface area contributed by atoms with Crippen molar-refractivity contribution in [3.63, 3.8) is 0 Å². The van der Waals surface area contributed by atoms with E-state index in [0.29, 0.717) is 48.4 Å². The van der Waals surface area contributed by atoms with E-state index in [9.17, 15) is 14.4 Å². The molecule has 1 aromatic carbocycles. The molecule has 0 saturated carbocycles. The van der Waals surface area contributed by atoms with Crippen LogP contribution in [0, 0.1) is 12.3 Å². The molecule has 35 heavy (non-hydrogen) atoms. The average Bonchev–Trinajstić information content (AvgIpc) is 3.13. The summed E-state index contributed by atoms with van der Waals surface area (Å²) in [6.07, 6.45) is 3.38. The van der Waals surface area contributed by atoms with Crippen LogP contribution in [-0.2, 0) is 11.2 Å². The average molecular weight is 483 g/mol. The third kappa shape index (κ3) is 6.72. The molecular weight excluding hydrogens is 444 g/mol. The van der Waals surface area contributed by atoms with Crippen molar-refractivity contribution < 1.29 is 19.1 Å². The van der Waals surface area contributed by atoms with Crippen molar-refractivity contribution in [2.45, 2.75) is 65.8 Å². The van der Waals surface area contributed by atoms with E-state index in [2.05, 4.69) is 34.8 Å². The highest BCUT2D eigenvalue weighted by atomic mass is 16.5. The van der Waals surface area contributed by atoms with Crippen molar-refractivity contribution in [1.29, 1.82) is 0 Å². The molecule has 3 rings (SSSR count). The number of likely N-dealkylation sites (N-methyl/N-ethyl adjacent to an activating group) is 1. The molecular formula is C27H38N4O4. The van der Waals surface area contributed by atoms with Crippen LogP contribution in [0.15, 0.2) is 24.3 Å². The molecule has 1 aliphatic carbocycles. The molecule has 0 saturated heterocycles. The van der Waals surface area contributed by atoms with Gasteiger partial charge in [-0.2, -0.15) is 0 Å². The zero-order valence-electron chi connectivity index (χ0n) is 21.5. The van der Waals surface area contributed by atoms with Gasteiger partial charge in [0.2, 0.25) is 5.91 Å². The van der Waals surface area contributed by atoms with Gasteiger partial charge in [0.05, 0.1) is 0 Å². The number of carbonyl (C=O) groups excluding carboxylic acids is 3. The van der Waals surface area contributed by atoms with Crippen LogP contribution in [0.25, 0.3) is 0 Å². The van der Waals surface area contributed by atoms with Gasteiger partial charge in [-0.1, -0.05) is 33.6 Å². The van der Waals surface area contributed by atoms with Crippen LogP contribution in [-0.4, -0.2) is 48.8 Å². The van der Waals surface area contributed by atoms with Gasteiger partial charge in [0, 0.05) is 29.9 Å². The zero-order chi connectivity index (χ0) is 25.6. The fourth-order valence-electron chi connectivity index (χ4n) is 4.50. The molecule has 1 aromatic heterocycles. The number of carbonyl (C=O) groups is 3. The summed E-state index contributed by atoms with van der Waals surface area (Å²) in [7, 11) is 1.86. The Morgan fingerprint density at radius 1 is 1.17 bits per heavy atom. The summed E-state index contributed by atoms with van der Waals surface area (Å²) in [4.78, 5) is 42.1. The number of H-pyrrole nitrogens is 1. The van der Waals surface area contributed by atoms with Crippen LogP contribution >= 0.6 is 0 Å². The van der Waals surface area contributed by atoms with Gasteiger partial charge >= 0.3 is 0 Å². The Kier molecular flexibility index (Phi) is 8.72. The van der Waals surface area contributed by atoms with Gasteiger partial charge in [0.15, 0.2) is 5.78 Å². The number of fused-ring (bicyclic) bond motifs is 1. The highest BCUT2D eigenvalue weighted by molar-refractivity contribution is 6.06. The minimum absolute atomic E-state index is 0.0581. The van der Waals surface area contributed by atoms with E-state index in [1.807, 2.05) is 14.0 Å². The molecule has 0 fully saturated rings. The lowest BCUT2D eigenvalue weighted by Gasteiger charge is -2.28. The normalized spacial score (nSPS) is 15.3. The second-order valence-electron chi connectivity index (χ2n) is 10.1. The lowest BCUT2D eigenvalue weighted by molar-refractivity contribution is -0.118. The molecule has 0 aliphatic heterocycles. The lowest BCUT2D eigenvalue weighted by atomic mass is 9.75. The second-order valence-corrected chi connectivity index (χ2v) is 10.1. The smallest absolute Gasteiger partial charge is 0.268 e. The Morgan fingerprint density at radius 2 is 1.89 bits per heavy atom. The van der Waals surface area contributed by atoms with E-state index in [-0.39, 0.29) is 23.0 Å². The second kappa shape index (κ2) is 11.5. The number of hydrogen-bond acceptors (Lipinski definition) is 5. The number of amides is 2. The van der Waals surface area contributed by atoms with Crippen LogP contribution in [0.4, 0.5) is 5.69 Å². The van der Waals surface area contributed by atoms with E-state index in [1.165, 1.54) is 0 Å². The van der Waals surface area contributed by atoms with Crippen LogP contribution in [0.3, 0.4) is 0 Å². The largest absolute Gasteiger partial charge is 0.492 e. The Labute approximate surface area is 207 Å². The van der Waals surface area contributed by atoms with Crippen molar-refractivity contribution >= 4 is 23.3 Å². The van der Waals surface area contributed by atoms with Crippen molar-refractivity contribution in [3.05, 3.63) is 46.8 Å². The number of unbranched alkanes of at least 4 members (excludes halogenated alkanes) is 1. The Balaban J connectivity index is 1.70. The highest BCUT2D eigenvalue weighted by Crippen LogP contribution is 2.36. The number of hydrogen-bond donors (Lipinski definition) is 4. The zero-order valence-corrected chi connectivity index (χ0v) is 21.5. The first-order valence-electron chi connectivity index (χ1n) is 12.4. The van der Waals surface area contributed by atoms with Gasteiger partial charge in [-0.3, -0.25) is 14.4 Å². The van der Waals surface area contributed by atoms with Crippen LogP contribution in [0.1, 0.15) is 78.6 Å². The molecule has 2 amide bonds. The van der Waals surface area contributed by atoms with Crippen molar-refractivity contribution in [2.24, 2.45) is 5.41 Å². The van der Waals surface area contributed by atoms with Gasteiger partial charge < -0.3 is 25.7 Å². The lowest BCUT2D eigenvalue weighted by Crippen LogP contribution is -2.44. The summed E-state index contributed by atoms with van der Waals surface area (Å²) < 4.78 is 5.61. The number of benzene rings is 1. The highest BCUT2D eigenvalue weighted by Gasteiger charge is 2.35. The number of aromatic amines is 1. The van der Waals surface area contributed by atoms with Crippen molar-refractivity contribution in [1.82, 2.24) is 15.6 Å². The molecule has 2 aromatic rings. The van der Waals surface area contributed by atoms with Crippen LogP contribution < -0.4 is 20.7 Å². The van der Waals surface area contributed by atoms with Gasteiger partial charge in [-0.15, -0.1) is 0 Å². The molecule has 1 heterocycles. The van der Waals surface area contributed by atoms with E-state index >= 15 is 0 Å². The molecule has 0 spiro atoms. The van der Waals surface area contributed by atoms with E-state index in [0.717, 1.165) is 30.8 Å². The summed E-state index contributed by atoms with van der Waals surface area (Å²) in [5.41, 5.74) is 2.93. The van der Waals surface area contributed by atoms with Gasteiger partial charge in [-0.25, -0.2) is 0 Å². The molecule has 0 bridgehead atoms. The number of aromatic nitrogens is 1. The van der Waals surface area contributed by atoms with Gasteiger partial charge in [-0.05, 0) is 62.1 Å². The number of ketones is 1. The summed E-state index contributed by atoms with van der Waals surface area (Å²) in [6, 6.07) is 6.47. The maximum absolute atomic E-state index is 13.2. The maximum Gasteiger partial charge on any atom is 0.268 e.